The molecule has 1 fully saturated rings. The van der Waals surface area contributed by atoms with Crippen LogP contribution in [0.15, 0.2) is 18.2 Å². The summed E-state index contributed by atoms with van der Waals surface area (Å²) >= 11 is 5.49. The largest absolute Gasteiger partial charge is 0.490 e. The molecule has 0 amide bonds. The minimum Gasteiger partial charge on any atom is -0.490 e. The zero-order valence-electron chi connectivity index (χ0n) is 10.0. The molecule has 17 heavy (non-hydrogen) atoms. The van der Waals surface area contributed by atoms with Gasteiger partial charge in [-0.25, -0.2) is 0 Å². The molecule has 3 heteroatoms. The number of hydrogen-bond donors (Lipinski definition) is 0. The molecule has 0 bridgehead atoms. The van der Waals surface area contributed by atoms with E-state index in [-0.39, 0.29) is 0 Å². The van der Waals surface area contributed by atoms with E-state index in [1.165, 1.54) is 12.8 Å². The van der Waals surface area contributed by atoms with Crippen LogP contribution in [0.4, 0.5) is 0 Å². The average Bonchev–Trinajstić information content (AvgIpc) is 2.81. The molecule has 0 atom stereocenters. The molecule has 1 aliphatic rings. The first-order valence-electron chi connectivity index (χ1n) is 6.20. The minimum atomic E-state index is -0.427. The maximum absolute atomic E-state index is 11.1. The van der Waals surface area contributed by atoms with E-state index >= 15 is 0 Å². The van der Waals surface area contributed by atoms with Gasteiger partial charge in [0.2, 0.25) is 0 Å². The first-order valence-corrected chi connectivity index (χ1v) is 6.58. The average molecular weight is 253 g/mol. The molecule has 0 N–H and O–H groups in total. The van der Waals surface area contributed by atoms with Crippen molar-refractivity contribution in [1.29, 1.82) is 0 Å². The maximum atomic E-state index is 11.1. The van der Waals surface area contributed by atoms with Crippen molar-refractivity contribution in [2.75, 3.05) is 0 Å². The molecule has 2 nitrogen and oxygen atoms in total. The van der Waals surface area contributed by atoms with Crippen LogP contribution in [0.2, 0.25) is 0 Å². The zero-order chi connectivity index (χ0) is 12.3. The molecule has 0 radical (unpaired) electrons. The second-order valence-electron chi connectivity index (χ2n) is 4.47. The molecule has 0 aromatic heterocycles. The number of rotatable bonds is 4. The quantitative estimate of drug-likeness (QED) is 0.759. The highest BCUT2D eigenvalue weighted by atomic mass is 35.5. The van der Waals surface area contributed by atoms with Crippen molar-refractivity contribution >= 4 is 16.8 Å². The van der Waals surface area contributed by atoms with Gasteiger partial charge in [0.15, 0.2) is 0 Å². The Kier molecular flexibility index (Phi) is 4.06. The van der Waals surface area contributed by atoms with E-state index in [1.54, 1.807) is 12.1 Å². The fraction of sp³-hybridized carbons (Fsp3) is 0.500. The summed E-state index contributed by atoms with van der Waals surface area (Å²) in [5.41, 5.74) is 1.65. The van der Waals surface area contributed by atoms with E-state index in [9.17, 15) is 4.79 Å². The molecular weight excluding hydrogens is 236 g/mol. The van der Waals surface area contributed by atoms with E-state index in [0.717, 1.165) is 30.6 Å². The predicted octanol–water partition coefficient (Wildman–Crippen LogP) is 3.95. The Hall–Kier alpha value is -1.02. The van der Waals surface area contributed by atoms with Gasteiger partial charge < -0.3 is 4.74 Å². The summed E-state index contributed by atoms with van der Waals surface area (Å²) in [6, 6.07) is 5.46. The molecular formula is C14H17ClO2. The number of halogens is 1. The second kappa shape index (κ2) is 5.54. The lowest BCUT2D eigenvalue weighted by Gasteiger charge is -2.16. The van der Waals surface area contributed by atoms with Gasteiger partial charge in [-0.3, -0.25) is 4.79 Å². The number of aryl methyl sites for hydroxylation is 1. The lowest BCUT2D eigenvalue weighted by molar-refractivity contribution is 0.108. The van der Waals surface area contributed by atoms with Gasteiger partial charge in [-0.05, 0) is 61.4 Å². The van der Waals surface area contributed by atoms with Crippen molar-refractivity contribution in [1.82, 2.24) is 0 Å². The van der Waals surface area contributed by atoms with Crippen molar-refractivity contribution in [2.45, 2.75) is 45.1 Å². The highest BCUT2D eigenvalue weighted by molar-refractivity contribution is 6.67. The second-order valence-corrected chi connectivity index (χ2v) is 4.82. The highest BCUT2D eigenvalue weighted by Gasteiger charge is 2.18. The Labute approximate surface area is 107 Å². The molecule has 1 aliphatic carbocycles. The Bertz CT molecular complexity index is 409. The third kappa shape index (κ3) is 3.01. The third-order valence-corrected chi connectivity index (χ3v) is 3.49. The SMILES string of the molecule is CCc1ccc(C(=O)Cl)cc1OC1CCCC1. The molecule has 1 aromatic rings. The normalized spacial score (nSPS) is 16.1. The van der Waals surface area contributed by atoms with Crippen LogP contribution in [-0.4, -0.2) is 11.3 Å². The molecule has 0 saturated heterocycles. The Morgan fingerprint density at radius 3 is 2.71 bits per heavy atom. The summed E-state index contributed by atoms with van der Waals surface area (Å²) < 4.78 is 5.98. The monoisotopic (exact) mass is 252 g/mol. The van der Waals surface area contributed by atoms with Crippen LogP contribution in [0.3, 0.4) is 0 Å². The van der Waals surface area contributed by atoms with Crippen LogP contribution in [0, 0.1) is 0 Å². The van der Waals surface area contributed by atoms with Gasteiger partial charge in [-0.15, -0.1) is 0 Å². The molecule has 1 aromatic carbocycles. The summed E-state index contributed by atoms with van der Waals surface area (Å²) in [6.45, 7) is 2.08. The van der Waals surface area contributed by atoms with Crippen LogP contribution in [0.1, 0.15) is 48.5 Å². The topological polar surface area (TPSA) is 26.3 Å². The van der Waals surface area contributed by atoms with Crippen LogP contribution < -0.4 is 4.74 Å². The zero-order valence-corrected chi connectivity index (χ0v) is 10.8. The predicted molar refractivity (Wildman–Crippen MR) is 68.9 cm³/mol. The lowest BCUT2D eigenvalue weighted by atomic mass is 10.1. The minimum absolute atomic E-state index is 0.306. The van der Waals surface area contributed by atoms with E-state index in [0.29, 0.717) is 11.7 Å². The summed E-state index contributed by atoms with van der Waals surface area (Å²) in [7, 11) is 0. The molecule has 0 heterocycles. The van der Waals surface area contributed by atoms with Crippen LogP contribution in [0.25, 0.3) is 0 Å². The van der Waals surface area contributed by atoms with Gasteiger partial charge in [0, 0.05) is 5.56 Å². The highest BCUT2D eigenvalue weighted by Crippen LogP contribution is 2.28. The molecule has 0 unspecified atom stereocenters. The summed E-state index contributed by atoms with van der Waals surface area (Å²) in [4.78, 5) is 11.1. The van der Waals surface area contributed by atoms with Crippen molar-refractivity contribution in [3.8, 4) is 5.75 Å². The van der Waals surface area contributed by atoms with Crippen molar-refractivity contribution < 1.29 is 9.53 Å². The Morgan fingerprint density at radius 1 is 1.41 bits per heavy atom. The van der Waals surface area contributed by atoms with Crippen molar-refractivity contribution in [2.24, 2.45) is 0 Å². The van der Waals surface area contributed by atoms with Crippen molar-refractivity contribution in [3.05, 3.63) is 29.3 Å². The van der Waals surface area contributed by atoms with Gasteiger partial charge in [0.25, 0.3) is 5.24 Å². The first kappa shape index (κ1) is 12.4. The molecule has 92 valence electrons. The third-order valence-electron chi connectivity index (χ3n) is 3.27. The van der Waals surface area contributed by atoms with E-state index < -0.39 is 5.24 Å². The summed E-state index contributed by atoms with van der Waals surface area (Å²) in [6.07, 6.45) is 5.91. The Balaban J connectivity index is 2.21. The number of carbonyl (C=O) groups excluding carboxylic acids is 1. The van der Waals surface area contributed by atoms with Gasteiger partial charge in [-0.2, -0.15) is 0 Å². The molecule has 0 aliphatic heterocycles. The summed E-state index contributed by atoms with van der Waals surface area (Å²) in [5.74, 6) is 0.825. The van der Waals surface area contributed by atoms with Gasteiger partial charge in [0.05, 0.1) is 6.10 Å². The smallest absolute Gasteiger partial charge is 0.252 e. The fourth-order valence-electron chi connectivity index (χ4n) is 2.26. The fourth-order valence-corrected chi connectivity index (χ4v) is 2.38. The maximum Gasteiger partial charge on any atom is 0.252 e. The van der Waals surface area contributed by atoms with Gasteiger partial charge in [0.1, 0.15) is 5.75 Å². The standard InChI is InChI=1S/C14H17ClO2/c1-2-10-7-8-11(14(15)16)9-13(10)17-12-5-3-4-6-12/h7-9,12H,2-6H2,1H3. The number of hydrogen-bond acceptors (Lipinski definition) is 2. The van der Waals surface area contributed by atoms with Crippen LogP contribution in [-0.2, 0) is 6.42 Å². The van der Waals surface area contributed by atoms with Gasteiger partial charge >= 0.3 is 0 Å². The number of benzene rings is 1. The van der Waals surface area contributed by atoms with Crippen LogP contribution >= 0.6 is 11.6 Å². The van der Waals surface area contributed by atoms with Gasteiger partial charge in [-0.1, -0.05) is 13.0 Å². The molecule has 2 rings (SSSR count). The van der Waals surface area contributed by atoms with E-state index in [4.69, 9.17) is 16.3 Å². The van der Waals surface area contributed by atoms with Crippen LogP contribution in [0.5, 0.6) is 5.75 Å². The lowest BCUT2D eigenvalue weighted by Crippen LogP contribution is -2.12. The van der Waals surface area contributed by atoms with E-state index in [1.807, 2.05) is 6.07 Å². The number of carbonyl (C=O) groups is 1. The van der Waals surface area contributed by atoms with Crippen molar-refractivity contribution in [3.63, 3.8) is 0 Å². The van der Waals surface area contributed by atoms with E-state index in [2.05, 4.69) is 6.92 Å². The summed E-state index contributed by atoms with van der Waals surface area (Å²) in [5, 5.41) is -0.427. The first-order chi connectivity index (χ1) is 8.20. The molecule has 0 spiro atoms. The molecule has 1 saturated carbocycles. The number of ether oxygens (including phenoxy) is 1. The Morgan fingerprint density at radius 2 is 2.12 bits per heavy atom.